The summed E-state index contributed by atoms with van der Waals surface area (Å²) in [4.78, 5) is 16.0. The van der Waals surface area contributed by atoms with Crippen LogP contribution in [0.3, 0.4) is 0 Å². The predicted octanol–water partition coefficient (Wildman–Crippen LogP) is 4.57. The summed E-state index contributed by atoms with van der Waals surface area (Å²) in [7, 11) is -3.94. The zero-order valence-corrected chi connectivity index (χ0v) is 29.1. The van der Waals surface area contributed by atoms with Crippen molar-refractivity contribution in [3.63, 3.8) is 0 Å². The summed E-state index contributed by atoms with van der Waals surface area (Å²) in [6.45, 7) is 6.00. The van der Waals surface area contributed by atoms with E-state index in [1.807, 2.05) is 85.8 Å². The Balaban J connectivity index is 1.13. The molecule has 0 unspecified atom stereocenters. The number of sulfonamides is 1. The molecule has 2 saturated heterocycles. The van der Waals surface area contributed by atoms with Crippen LogP contribution >= 0.6 is 0 Å². The second-order valence-electron chi connectivity index (χ2n) is 12.9. The highest BCUT2D eigenvalue weighted by Crippen LogP contribution is 2.38. The molecule has 1 amide bonds. The molecule has 0 spiro atoms. The van der Waals surface area contributed by atoms with Crippen LogP contribution in [-0.2, 0) is 48.6 Å². The second-order valence-corrected chi connectivity index (χ2v) is 14.6. The Hall–Kier alpha value is -3.94. The molecule has 2 aliphatic rings. The molecule has 264 valence electrons. The summed E-state index contributed by atoms with van der Waals surface area (Å²) in [6, 6.07) is 30.4. The molecule has 11 heteroatoms. The van der Waals surface area contributed by atoms with Gasteiger partial charge >= 0.3 is 0 Å². The van der Waals surface area contributed by atoms with Gasteiger partial charge in [-0.15, -0.1) is 0 Å². The lowest BCUT2D eigenvalue weighted by atomic mass is 9.99. The molecule has 0 saturated carbocycles. The van der Waals surface area contributed by atoms with Crippen molar-refractivity contribution in [2.45, 2.75) is 62.4 Å². The topological polar surface area (TPSA) is 126 Å². The van der Waals surface area contributed by atoms with Crippen LogP contribution in [0.2, 0.25) is 0 Å². The van der Waals surface area contributed by atoms with Gasteiger partial charge in [0.25, 0.3) is 0 Å². The number of aryl methyl sites for hydroxylation is 1. The van der Waals surface area contributed by atoms with Crippen molar-refractivity contribution in [2.24, 2.45) is 0 Å². The lowest BCUT2D eigenvalue weighted by Crippen LogP contribution is -2.47. The number of carbonyl (C=O) groups is 1. The molecule has 0 aromatic heterocycles. The highest BCUT2D eigenvalue weighted by atomic mass is 32.2. The normalized spacial score (nSPS) is 20.6. The van der Waals surface area contributed by atoms with E-state index in [9.17, 15) is 18.3 Å². The zero-order chi connectivity index (χ0) is 34.9. The first-order chi connectivity index (χ1) is 24.3. The van der Waals surface area contributed by atoms with Crippen molar-refractivity contribution in [1.29, 1.82) is 0 Å². The number of hydrogen-bond donors (Lipinski definition) is 3. The van der Waals surface area contributed by atoms with E-state index in [0.717, 1.165) is 53.0 Å². The first-order valence-corrected chi connectivity index (χ1v) is 18.5. The van der Waals surface area contributed by atoms with Gasteiger partial charge < -0.3 is 24.6 Å². The molecule has 3 N–H and O–H groups in total. The van der Waals surface area contributed by atoms with E-state index < -0.39 is 28.3 Å². The Morgan fingerprint density at radius 2 is 1.50 bits per heavy atom. The number of rotatable bonds is 13. The predicted molar refractivity (Wildman–Crippen MR) is 189 cm³/mol. The third kappa shape index (κ3) is 9.64. The summed E-state index contributed by atoms with van der Waals surface area (Å²) in [5.41, 5.74) is 5.36. The van der Waals surface area contributed by atoms with E-state index in [-0.39, 0.29) is 36.7 Å². The molecule has 4 aromatic rings. The van der Waals surface area contributed by atoms with Gasteiger partial charge in [-0.3, -0.25) is 9.69 Å². The Labute approximate surface area is 294 Å². The lowest BCUT2D eigenvalue weighted by molar-refractivity contribution is -0.253. The largest absolute Gasteiger partial charge is 0.392 e. The fourth-order valence-corrected chi connectivity index (χ4v) is 7.42. The van der Waals surface area contributed by atoms with Crippen molar-refractivity contribution in [3.8, 4) is 0 Å². The van der Waals surface area contributed by atoms with Crippen molar-refractivity contribution < 1.29 is 32.5 Å². The van der Waals surface area contributed by atoms with E-state index in [4.69, 9.17) is 14.2 Å². The zero-order valence-electron chi connectivity index (χ0n) is 28.2. The van der Waals surface area contributed by atoms with E-state index in [0.29, 0.717) is 19.6 Å². The van der Waals surface area contributed by atoms with Crippen LogP contribution < -0.4 is 10.0 Å². The molecule has 0 radical (unpaired) electrons. The van der Waals surface area contributed by atoms with Gasteiger partial charge in [-0.25, -0.2) is 8.42 Å². The minimum Gasteiger partial charge on any atom is -0.392 e. The Morgan fingerprint density at radius 3 is 2.18 bits per heavy atom. The number of morpholine rings is 1. The maximum Gasteiger partial charge on any atom is 0.241 e. The van der Waals surface area contributed by atoms with Crippen LogP contribution in [0.25, 0.3) is 0 Å². The number of nitrogens with zero attached hydrogens (tertiary/aromatic N) is 1. The van der Waals surface area contributed by atoms with Crippen LogP contribution in [0.15, 0.2) is 108 Å². The van der Waals surface area contributed by atoms with E-state index >= 15 is 0 Å². The third-order valence-electron chi connectivity index (χ3n) is 9.13. The number of amides is 1. The van der Waals surface area contributed by atoms with Crippen molar-refractivity contribution in [2.75, 3.05) is 32.8 Å². The highest BCUT2D eigenvalue weighted by Gasteiger charge is 2.33. The molecule has 4 atom stereocenters. The number of ether oxygens (including phenoxy) is 3. The fraction of sp³-hybridized carbons (Fsp3) is 0.359. The molecule has 2 heterocycles. The number of aliphatic hydroxyl groups is 1. The molecule has 0 aliphatic carbocycles. The first kappa shape index (κ1) is 35.9. The number of nitrogens with one attached hydrogen (secondary N) is 2. The quantitative estimate of drug-likeness (QED) is 0.185. The van der Waals surface area contributed by atoms with Gasteiger partial charge in [0.2, 0.25) is 15.9 Å². The highest BCUT2D eigenvalue weighted by molar-refractivity contribution is 7.89. The van der Waals surface area contributed by atoms with Gasteiger partial charge in [0.15, 0.2) is 6.29 Å². The van der Waals surface area contributed by atoms with Crippen LogP contribution in [0.4, 0.5) is 0 Å². The van der Waals surface area contributed by atoms with Gasteiger partial charge in [0.05, 0.1) is 36.9 Å². The number of carbonyl (C=O) groups excluding carboxylic acids is 1. The van der Waals surface area contributed by atoms with E-state index in [1.54, 1.807) is 12.1 Å². The number of benzene rings is 4. The molecule has 6 rings (SSSR count). The number of aliphatic hydroxyl groups excluding tert-OH is 1. The van der Waals surface area contributed by atoms with E-state index in [1.165, 1.54) is 12.1 Å². The maximum absolute atomic E-state index is 13.5. The average molecular weight is 700 g/mol. The van der Waals surface area contributed by atoms with Crippen LogP contribution in [0, 0.1) is 6.92 Å². The third-order valence-corrected chi connectivity index (χ3v) is 10.6. The van der Waals surface area contributed by atoms with Gasteiger partial charge in [-0.1, -0.05) is 96.6 Å². The number of hydrogen-bond acceptors (Lipinski definition) is 8. The SMILES string of the molecule is Cc1ccc(S(=O)(=O)N[C@H](Cc2ccccc2)C(=O)NCc2ccc([C@@H]3O[C@H](CN4CCOCC4)C[C@H](c4ccc(CO)cc4)O3)cc2)cc1. The van der Waals surface area contributed by atoms with Gasteiger partial charge in [0.1, 0.15) is 6.04 Å². The maximum atomic E-state index is 13.5. The lowest BCUT2D eigenvalue weighted by Gasteiger charge is -2.39. The Morgan fingerprint density at radius 1 is 0.840 bits per heavy atom. The molecule has 2 fully saturated rings. The van der Waals surface area contributed by atoms with Crippen molar-refractivity contribution >= 4 is 15.9 Å². The Bertz CT molecular complexity index is 1780. The van der Waals surface area contributed by atoms with Crippen LogP contribution in [0.1, 0.15) is 52.2 Å². The molecule has 2 aliphatic heterocycles. The standard InChI is InChI=1S/C39H45N3O7S/c1-28-7-17-35(18-8-28)50(45,46)41-36(23-29-5-3-2-4-6-29)38(44)40-25-30-9-15-33(16-10-30)39-48-34(26-42-19-21-47-22-20-42)24-37(49-39)32-13-11-31(27-43)12-14-32/h2-18,34,36-37,39,41,43H,19-27H2,1H3,(H,40,44)/t34-,36+,37+,39+/m0/s1. The molecular weight excluding hydrogens is 655 g/mol. The van der Waals surface area contributed by atoms with Crippen molar-refractivity contribution in [1.82, 2.24) is 14.9 Å². The average Bonchev–Trinajstić information content (AvgIpc) is 3.14. The summed E-state index contributed by atoms with van der Waals surface area (Å²) < 4.78 is 47.7. The minimum atomic E-state index is -3.94. The summed E-state index contributed by atoms with van der Waals surface area (Å²) in [6.07, 6.45) is 0.0688. The Kier molecular flexibility index (Phi) is 12.1. The van der Waals surface area contributed by atoms with Gasteiger partial charge in [0, 0.05) is 38.2 Å². The minimum absolute atomic E-state index is 0.0132. The van der Waals surface area contributed by atoms with Crippen LogP contribution in [0.5, 0.6) is 0 Å². The molecule has 50 heavy (non-hydrogen) atoms. The summed E-state index contributed by atoms with van der Waals surface area (Å²) in [5, 5.41) is 12.4. The van der Waals surface area contributed by atoms with Gasteiger partial charge in [-0.2, -0.15) is 4.72 Å². The molecule has 10 nitrogen and oxygen atoms in total. The molecular formula is C39H45N3O7S. The monoisotopic (exact) mass is 699 g/mol. The molecule has 4 aromatic carbocycles. The second kappa shape index (κ2) is 16.8. The summed E-state index contributed by atoms with van der Waals surface area (Å²) in [5.74, 6) is -0.423. The van der Waals surface area contributed by atoms with Crippen molar-refractivity contribution in [3.05, 3.63) is 137 Å². The van der Waals surface area contributed by atoms with Crippen LogP contribution in [-0.4, -0.2) is 69.3 Å². The fourth-order valence-electron chi connectivity index (χ4n) is 6.22. The van der Waals surface area contributed by atoms with Gasteiger partial charge in [-0.05, 0) is 47.7 Å². The summed E-state index contributed by atoms with van der Waals surface area (Å²) >= 11 is 0. The smallest absolute Gasteiger partial charge is 0.241 e. The first-order valence-electron chi connectivity index (χ1n) is 17.1. The van der Waals surface area contributed by atoms with E-state index in [2.05, 4.69) is 14.9 Å². The molecule has 0 bridgehead atoms.